The number of carbonyl (C=O) groups excluding carboxylic acids is 2. The highest BCUT2D eigenvalue weighted by Gasteiger charge is 2.12. The van der Waals surface area contributed by atoms with Gasteiger partial charge in [-0.05, 0) is 25.1 Å². The summed E-state index contributed by atoms with van der Waals surface area (Å²) in [6.07, 6.45) is 0. The second-order valence-corrected chi connectivity index (χ2v) is 4.23. The summed E-state index contributed by atoms with van der Waals surface area (Å²) in [7, 11) is 2.94. The first-order chi connectivity index (χ1) is 9.47. The number of urea groups is 1. The summed E-state index contributed by atoms with van der Waals surface area (Å²) in [4.78, 5) is 23.1. The van der Waals surface area contributed by atoms with Crippen LogP contribution in [0.15, 0.2) is 18.2 Å². The topological polar surface area (TPSA) is 79.5 Å². The van der Waals surface area contributed by atoms with E-state index >= 15 is 0 Å². The van der Waals surface area contributed by atoms with Gasteiger partial charge in [0, 0.05) is 19.8 Å². The molecule has 0 saturated heterocycles. The Morgan fingerprint density at radius 3 is 2.70 bits per heavy atom. The summed E-state index contributed by atoms with van der Waals surface area (Å²) in [5.74, 6) is -1.21. The number of carbonyl (C=O) groups is 2. The van der Waals surface area contributed by atoms with Gasteiger partial charge in [-0.3, -0.25) is 4.79 Å². The van der Waals surface area contributed by atoms with E-state index in [9.17, 15) is 14.0 Å². The van der Waals surface area contributed by atoms with Crippen LogP contribution in [0.4, 0.5) is 14.9 Å². The molecule has 0 aliphatic carbocycles. The fourth-order valence-corrected chi connectivity index (χ4v) is 1.59. The molecule has 0 radical (unpaired) electrons. The van der Waals surface area contributed by atoms with Gasteiger partial charge in [0.2, 0.25) is 0 Å². The van der Waals surface area contributed by atoms with Crippen LogP contribution in [0.1, 0.15) is 17.3 Å². The maximum atomic E-state index is 13.4. The molecule has 0 fully saturated rings. The van der Waals surface area contributed by atoms with Crippen LogP contribution in [-0.4, -0.2) is 38.7 Å². The summed E-state index contributed by atoms with van der Waals surface area (Å²) in [6, 6.07) is 3.15. The van der Waals surface area contributed by atoms with E-state index in [0.29, 0.717) is 12.3 Å². The molecule has 1 aromatic rings. The van der Waals surface area contributed by atoms with E-state index in [1.54, 1.807) is 6.92 Å². The molecule has 0 heterocycles. The maximum absolute atomic E-state index is 13.4. The summed E-state index contributed by atoms with van der Waals surface area (Å²) in [5, 5.41) is 7.49. The van der Waals surface area contributed by atoms with Crippen molar-refractivity contribution in [3.63, 3.8) is 0 Å². The third-order valence-electron chi connectivity index (χ3n) is 2.49. The lowest BCUT2D eigenvalue weighted by Crippen LogP contribution is -2.38. The molecular formula is C13H18FN3O3. The molecule has 6 nitrogen and oxygen atoms in total. The van der Waals surface area contributed by atoms with Crippen molar-refractivity contribution in [3.8, 4) is 0 Å². The number of amides is 3. The predicted molar refractivity (Wildman–Crippen MR) is 73.3 cm³/mol. The molecule has 0 aliphatic heterocycles. The van der Waals surface area contributed by atoms with Gasteiger partial charge in [-0.1, -0.05) is 0 Å². The van der Waals surface area contributed by atoms with Crippen LogP contribution < -0.4 is 16.0 Å². The summed E-state index contributed by atoms with van der Waals surface area (Å²) in [5.41, 5.74) is 0.197. The summed E-state index contributed by atoms with van der Waals surface area (Å²) < 4.78 is 18.3. The minimum Gasteiger partial charge on any atom is -0.383 e. The van der Waals surface area contributed by atoms with Crippen molar-refractivity contribution < 1.29 is 18.7 Å². The van der Waals surface area contributed by atoms with Gasteiger partial charge in [0.1, 0.15) is 5.82 Å². The SMILES string of the molecule is CNC(=O)c1cc(NC(=O)N[C@H](C)COC)ccc1F. The van der Waals surface area contributed by atoms with Crippen molar-refractivity contribution >= 4 is 17.6 Å². The number of hydrogen-bond acceptors (Lipinski definition) is 3. The lowest BCUT2D eigenvalue weighted by atomic mass is 10.1. The third-order valence-corrected chi connectivity index (χ3v) is 2.49. The Labute approximate surface area is 116 Å². The third kappa shape index (κ3) is 4.51. The molecule has 1 rings (SSSR count). The van der Waals surface area contributed by atoms with Crippen LogP contribution in [0.3, 0.4) is 0 Å². The normalized spacial score (nSPS) is 11.6. The Morgan fingerprint density at radius 2 is 2.10 bits per heavy atom. The lowest BCUT2D eigenvalue weighted by molar-refractivity contribution is 0.0959. The minimum absolute atomic E-state index is 0.129. The Kier molecular flexibility index (Phi) is 5.92. The van der Waals surface area contributed by atoms with Crippen LogP contribution >= 0.6 is 0 Å². The van der Waals surface area contributed by atoms with E-state index in [-0.39, 0.29) is 11.6 Å². The highest BCUT2D eigenvalue weighted by atomic mass is 19.1. The average Bonchev–Trinajstić information content (AvgIpc) is 2.40. The monoisotopic (exact) mass is 283 g/mol. The quantitative estimate of drug-likeness (QED) is 0.763. The number of nitrogens with one attached hydrogen (secondary N) is 3. The second kappa shape index (κ2) is 7.44. The van der Waals surface area contributed by atoms with Gasteiger partial charge >= 0.3 is 6.03 Å². The van der Waals surface area contributed by atoms with Crippen LogP contribution in [0, 0.1) is 5.82 Å². The van der Waals surface area contributed by atoms with Crippen LogP contribution in [0.25, 0.3) is 0 Å². The van der Waals surface area contributed by atoms with Crippen LogP contribution in [-0.2, 0) is 4.74 Å². The molecule has 1 atom stereocenters. The molecule has 0 aliphatic rings. The first-order valence-electron chi connectivity index (χ1n) is 6.06. The first-order valence-corrected chi connectivity index (χ1v) is 6.06. The van der Waals surface area contributed by atoms with Crippen molar-refractivity contribution in [2.45, 2.75) is 13.0 Å². The molecule has 0 spiro atoms. The summed E-state index contributed by atoms with van der Waals surface area (Å²) in [6.45, 7) is 2.16. The Balaban J connectivity index is 2.73. The van der Waals surface area contributed by atoms with E-state index in [1.807, 2.05) is 0 Å². The number of rotatable bonds is 5. The van der Waals surface area contributed by atoms with E-state index in [2.05, 4.69) is 16.0 Å². The molecule has 7 heteroatoms. The molecule has 0 saturated carbocycles. The number of halogens is 1. The number of hydrogen-bond donors (Lipinski definition) is 3. The Bertz CT molecular complexity index is 494. The molecule has 0 unspecified atom stereocenters. The lowest BCUT2D eigenvalue weighted by Gasteiger charge is -2.14. The summed E-state index contributed by atoms with van der Waals surface area (Å²) >= 11 is 0. The number of methoxy groups -OCH3 is 1. The number of benzene rings is 1. The van der Waals surface area contributed by atoms with Gasteiger partial charge in [0.15, 0.2) is 0 Å². The number of anilines is 1. The van der Waals surface area contributed by atoms with Crippen molar-refractivity contribution in [2.24, 2.45) is 0 Å². The van der Waals surface area contributed by atoms with Gasteiger partial charge in [0.05, 0.1) is 18.2 Å². The van der Waals surface area contributed by atoms with Gasteiger partial charge in [-0.15, -0.1) is 0 Å². The molecule has 110 valence electrons. The fraction of sp³-hybridized carbons (Fsp3) is 0.385. The van der Waals surface area contributed by atoms with Gasteiger partial charge < -0.3 is 20.7 Å². The standard InChI is InChI=1S/C13H18FN3O3/c1-8(7-20-3)16-13(19)17-9-4-5-11(14)10(6-9)12(18)15-2/h4-6,8H,7H2,1-3H3,(H,15,18)(H2,16,17,19)/t8-/m1/s1. The average molecular weight is 283 g/mol. The van der Waals surface area contributed by atoms with Gasteiger partial charge in [-0.2, -0.15) is 0 Å². The first kappa shape index (κ1) is 15.9. The molecule has 0 aromatic heterocycles. The maximum Gasteiger partial charge on any atom is 0.319 e. The van der Waals surface area contributed by atoms with Crippen molar-refractivity contribution in [1.29, 1.82) is 0 Å². The van der Waals surface area contributed by atoms with E-state index in [4.69, 9.17) is 4.74 Å². The predicted octanol–water partition coefficient (Wildman–Crippen LogP) is 1.34. The number of ether oxygens (including phenoxy) is 1. The largest absolute Gasteiger partial charge is 0.383 e. The van der Waals surface area contributed by atoms with Gasteiger partial charge in [0.25, 0.3) is 5.91 Å². The molecule has 0 bridgehead atoms. The van der Waals surface area contributed by atoms with Crippen LogP contribution in [0.5, 0.6) is 0 Å². The van der Waals surface area contributed by atoms with Crippen LogP contribution in [0.2, 0.25) is 0 Å². The van der Waals surface area contributed by atoms with Gasteiger partial charge in [-0.25, -0.2) is 9.18 Å². The molecule has 1 aromatic carbocycles. The molecule has 20 heavy (non-hydrogen) atoms. The van der Waals surface area contributed by atoms with E-state index in [1.165, 1.54) is 26.3 Å². The van der Waals surface area contributed by atoms with Crippen molar-refractivity contribution in [2.75, 3.05) is 26.1 Å². The molecular weight excluding hydrogens is 265 g/mol. The zero-order valence-corrected chi connectivity index (χ0v) is 11.6. The fourth-order valence-electron chi connectivity index (χ4n) is 1.59. The second-order valence-electron chi connectivity index (χ2n) is 4.23. The highest BCUT2D eigenvalue weighted by Crippen LogP contribution is 2.14. The van der Waals surface area contributed by atoms with E-state index in [0.717, 1.165) is 6.07 Å². The smallest absolute Gasteiger partial charge is 0.319 e. The molecule has 3 amide bonds. The Morgan fingerprint density at radius 1 is 1.40 bits per heavy atom. The zero-order chi connectivity index (χ0) is 15.1. The minimum atomic E-state index is -0.650. The van der Waals surface area contributed by atoms with Crippen molar-refractivity contribution in [1.82, 2.24) is 10.6 Å². The highest BCUT2D eigenvalue weighted by molar-refractivity contribution is 5.97. The molecule has 3 N–H and O–H groups in total. The Hall–Kier alpha value is -2.15. The van der Waals surface area contributed by atoms with E-state index < -0.39 is 17.8 Å². The van der Waals surface area contributed by atoms with Crippen molar-refractivity contribution in [3.05, 3.63) is 29.6 Å². The zero-order valence-electron chi connectivity index (χ0n) is 11.6.